The SMILES string of the molecule is Nc1cccc2occc12.Oc1cccc2occc12. The highest BCUT2D eigenvalue weighted by Crippen LogP contribution is 2.24. The normalized spacial score (nSPS) is 10.4. The summed E-state index contributed by atoms with van der Waals surface area (Å²) in [7, 11) is 0. The largest absolute Gasteiger partial charge is 0.507 e. The highest BCUT2D eigenvalue weighted by Gasteiger charge is 1.98. The second-order valence-corrected chi connectivity index (χ2v) is 4.29. The third-order valence-electron chi connectivity index (χ3n) is 3.00. The van der Waals surface area contributed by atoms with Gasteiger partial charge in [-0.3, -0.25) is 0 Å². The summed E-state index contributed by atoms with van der Waals surface area (Å²) in [5.74, 6) is 0.270. The minimum Gasteiger partial charge on any atom is -0.507 e. The number of hydrogen-bond donors (Lipinski definition) is 2. The fourth-order valence-corrected chi connectivity index (χ4v) is 2.00. The minimum absolute atomic E-state index is 0.270. The predicted octanol–water partition coefficient (Wildman–Crippen LogP) is 4.15. The van der Waals surface area contributed by atoms with Crippen LogP contribution in [0.4, 0.5) is 5.69 Å². The Hall–Kier alpha value is -2.88. The molecule has 0 fully saturated rings. The third kappa shape index (κ3) is 2.19. The molecule has 2 aromatic carbocycles. The molecule has 0 atom stereocenters. The molecule has 0 amide bonds. The summed E-state index contributed by atoms with van der Waals surface area (Å²) in [6, 6.07) is 14.4. The molecule has 100 valence electrons. The van der Waals surface area contributed by atoms with Gasteiger partial charge < -0.3 is 19.7 Å². The molecule has 0 radical (unpaired) electrons. The lowest BCUT2D eigenvalue weighted by atomic mass is 10.2. The van der Waals surface area contributed by atoms with E-state index in [4.69, 9.17) is 14.6 Å². The van der Waals surface area contributed by atoms with Crippen LogP contribution in [0.2, 0.25) is 0 Å². The molecule has 20 heavy (non-hydrogen) atoms. The number of furan rings is 2. The van der Waals surface area contributed by atoms with Crippen LogP contribution in [-0.4, -0.2) is 5.11 Å². The zero-order valence-electron chi connectivity index (χ0n) is 10.6. The average Bonchev–Trinajstić information content (AvgIpc) is 3.08. The number of nitrogens with two attached hydrogens (primary N) is 1. The van der Waals surface area contributed by atoms with Crippen LogP contribution in [0, 0.1) is 0 Å². The van der Waals surface area contributed by atoms with Crippen LogP contribution in [0.1, 0.15) is 0 Å². The Morgan fingerprint density at radius 2 is 1.35 bits per heavy atom. The molecule has 0 saturated carbocycles. The van der Waals surface area contributed by atoms with Gasteiger partial charge in [0.05, 0.1) is 17.9 Å². The number of benzene rings is 2. The van der Waals surface area contributed by atoms with E-state index < -0.39 is 0 Å². The summed E-state index contributed by atoms with van der Waals surface area (Å²) >= 11 is 0. The van der Waals surface area contributed by atoms with E-state index in [9.17, 15) is 5.11 Å². The highest BCUT2D eigenvalue weighted by atomic mass is 16.3. The van der Waals surface area contributed by atoms with E-state index in [2.05, 4.69) is 0 Å². The number of anilines is 1. The molecule has 0 aliphatic rings. The van der Waals surface area contributed by atoms with Crippen molar-refractivity contribution in [2.75, 3.05) is 5.73 Å². The van der Waals surface area contributed by atoms with Crippen LogP contribution in [-0.2, 0) is 0 Å². The van der Waals surface area contributed by atoms with Gasteiger partial charge >= 0.3 is 0 Å². The minimum atomic E-state index is 0.270. The third-order valence-corrected chi connectivity index (χ3v) is 3.00. The van der Waals surface area contributed by atoms with E-state index in [-0.39, 0.29) is 5.75 Å². The van der Waals surface area contributed by atoms with Crippen LogP contribution < -0.4 is 5.73 Å². The molecule has 0 aliphatic carbocycles. The molecule has 4 nitrogen and oxygen atoms in total. The lowest BCUT2D eigenvalue weighted by Gasteiger charge is -1.90. The van der Waals surface area contributed by atoms with Gasteiger partial charge in [0, 0.05) is 11.1 Å². The zero-order chi connectivity index (χ0) is 13.9. The van der Waals surface area contributed by atoms with E-state index in [1.807, 2.05) is 30.3 Å². The van der Waals surface area contributed by atoms with Gasteiger partial charge in [0.25, 0.3) is 0 Å². The van der Waals surface area contributed by atoms with Crippen LogP contribution in [0.15, 0.2) is 69.9 Å². The van der Waals surface area contributed by atoms with Crippen molar-refractivity contribution in [1.82, 2.24) is 0 Å². The molecule has 0 aliphatic heterocycles. The van der Waals surface area contributed by atoms with Crippen LogP contribution in [0.3, 0.4) is 0 Å². The van der Waals surface area contributed by atoms with Gasteiger partial charge in [-0.25, -0.2) is 0 Å². The fourth-order valence-electron chi connectivity index (χ4n) is 2.00. The van der Waals surface area contributed by atoms with Crippen molar-refractivity contribution in [2.24, 2.45) is 0 Å². The fraction of sp³-hybridized carbons (Fsp3) is 0. The number of phenolic OH excluding ortho intramolecular Hbond substituents is 1. The second-order valence-electron chi connectivity index (χ2n) is 4.29. The first kappa shape index (κ1) is 12.2. The summed E-state index contributed by atoms with van der Waals surface area (Å²) in [5.41, 5.74) is 7.98. The Morgan fingerprint density at radius 3 is 2.00 bits per heavy atom. The molecule has 2 heterocycles. The van der Waals surface area contributed by atoms with Crippen molar-refractivity contribution in [1.29, 1.82) is 0 Å². The molecule has 0 unspecified atom stereocenters. The number of nitrogen functional groups attached to an aromatic ring is 1. The Morgan fingerprint density at radius 1 is 0.750 bits per heavy atom. The first-order valence-corrected chi connectivity index (χ1v) is 6.12. The van der Waals surface area contributed by atoms with Crippen molar-refractivity contribution < 1.29 is 13.9 Å². The Balaban J connectivity index is 0.000000121. The number of fused-ring (bicyclic) bond motifs is 2. The van der Waals surface area contributed by atoms with E-state index in [1.165, 1.54) is 0 Å². The molecule has 0 saturated heterocycles. The molecule has 4 rings (SSSR count). The van der Waals surface area contributed by atoms with E-state index in [1.54, 1.807) is 30.7 Å². The summed E-state index contributed by atoms with van der Waals surface area (Å²) in [5, 5.41) is 11.0. The van der Waals surface area contributed by atoms with Crippen molar-refractivity contribution >= 4 is 27.6 Å². The summed E-state index contributed by atoms with van der Waals surface area (Å²) in [4.78, 5) is 0. The number of phenols is 1. The monoisotopic (exact) mass is 267 g/mol. The quantitative estimate of drug-likeness (QED) is 0.469. The molecule has 4 heteroatoms. The first-order chi connectivity index (χ1) is 9.75. The van der Waals surface area contributed by atoms with E-state index in [0.717, 1.165) is 27.6 Å². The summed E-state index contributed by atoms with van der Waals surface area (Å²) in [6.07, 6.45) is 3.20. The summed E-state index contributed by atoms with van der Waals surface area (Å²) in [6.45, 7) is 0. The van der Waals surface area contributed by atoms with Gasteiger partial charge in [-0.1, -0.05) is 12.1 Å². The van der Waals surface area contributed by atoms with Gasteiger partial charge in [0.1, 0.15) is 16.9 Å². The van der Waals surface area contributed by atoms with Crippen molar-refractivity contribution in [3.05, 3.63) is 61.1 Å². The van der Waals surface area contributed by atoms with Gasteiger partial charge in [0.2, 0.25) is 0 Å². The standard InChI is InChI=1S/C8H7NO.C8H6O2/c2*9-7-2-1-3-8-6(7)4-5-10-8/h1-5H,9H2;1-5,9H. The predicted molar refractivity (Wildman–Crippen MR) is 78.5 cm³/mol. The van der Waals surface area contributed by atoms with Crippen molar-refractivity contribution in [2.45, 2.75) is 0 Å². The number of hydrogen-bond acceptors (Lipinski definition) is 4. The lowest BCUT2D eigenvalue weighted by Crippen LogP contribution is -1.82. The molecule has 0 bridgehead atoms. The van der Waals surface area contributed by atoms with Gasteiger partial charge in [-0.15, -0.1) is 0 Å². The van der Waals surface area contributed by atoms with E-state index in [0.29, 0.717) is 0 Å². The Labute approximate surface area is 115 Å². The van der Waals surface area contributed by atoms with Gasteiger partial charge in [-0.05, 0) is 36.4 Å². The van der Waals surface area contributed by atoms with Gasteiger partial charge in [0.15, 0.2) is 0 Å². The van der Waals surface area contributed by atoms with Crippen LogP contribution in [0.25, 0.3) is 21.9 Å². The van der Waals surface area contributed by atoms with Crippen molar-refractivity contribution in [3.8, 4) is 5.75 Å². The maximum absolute atomic E-state index is 9.20. The number of rotatable bonds is 0. The Kier molecular flexibility index (Phi) is 3.05. The number of aromatic hydroxyl groups is 1. The second kappa shape index (κ2) is 5.01. The Bertz CT molecular complexity index is 773. The van der Waals surface area contributed by atoms with Crippen LogP contribution >= 0.6 is 0 Å². The highest BCUT2D eigenvalue weighted by molar-refractivity contribution is 5.88. The molecular weight excluding hydrogens is 254 g/mol. The maximum atomic E-state index is 9.20. The molecule has 4 aromatic rings. The van der Waals surface area contributed by atoms with Gasteiger partial charge in [-0.2, -0.15) is 0 Å². The van der Waals surface area contributed by atoms with Crippen LogP contribution in [0.5, 0.6) is 5.75 Å². The maximum Gasteiger partial charge on any atom is 0.137 e. The molecule has 3 N–H and O–H groups in total. The summed E-state index contributed by atoms with van der Waals surface area (Å²) < 4.78 is 10.2. The molecule has 0 spiro atoms. The first-order valence-electron chi connectivity index (χ1n) is 6.12. The van der Waals surface area contributed by atoms with E-state index >= 15 is 0 Å². The lowest BCUT2D eigenvalue weighted by molar-refractivity contribution is 0.481. The van der Waals surface area contributed by atoms with Crippen molar-refractivity contribution in [3.63, 3.8) is 0 Å². The topological polar surface area (TPSA) is 72.5 Å². The zero-order valence-corrected chi connectivity index (χ0v) is 10.6. The molecular formula is C16H13NO3. The molecule has 2 aromatic heterocycles. The smallest absolute Gasteiger partial charge is 0.137 e. The average molecular weight is 267 g/mol.